The van der Waals surface area contributed by atoms with Crippen molar-refractivity contribution in [3.63, 3.8) is 0 Å². The summed E-state index contributed by atoms with van der Waals surface area (Å²) in [5.41, 5.74) is 1.60. The molecule has 0 spiro atoms. The standard InChI is InChI=1S/C26H30F3NO2/c1-3-4-5-6-7-8-9-21(27)17-32-26-22-12-10-18(14-20(22)15-23(28)25(26)29)19-11-13-24(31-2)30-16-19/h10-16,21H,3-9,17H2,1-2H3/t21-/m1/s1. The third-order valence-corrected chi connectivity index (χ3v) is 5.55. The average Bonchev–Trinajstić information content (AvgIpc) is 2.81. The molecule has 1 aromatic heterocycles. The Balaban J connectivity index is 1.70. The first-order valence-corrected chi connectivity index (χ1v) is 11.2. The normalized spacial score (nSPS) is 12.2. The molecule has 0 bridgehead atoms. The molecule has 0 aliphatic rings. The summed E-state index contributed by atoms with van der Waals surface area (Å²) in [7, 11) is 1.53. The summed E-state index contributed by atoms with van der Waals surface area (Å²) >= 11 is 0. The summed E-state index contributed by atoms with van der Waals surface area (Å²) in [5.74, 6) is -1.88. The van der Waals surface area contributed by atoms with Gasteiger partial charge < -0.3 is 9.47 Å². The lowest BCUT2D eigenvalue weighted by Crippen LogP contribution is -2.14. The van der Waals surface area contributed by atoms with E-state index in [2.05, 4.69) is 11.9 Å². The second kappa shape index (κ2) is 11.7. The highest BCUT2D eigenvalue weighted by atomic mass is 19.2. The van der Waals surface area contributed by atoms with E-state index in [0.717, 1.165) is 36.5 Å². The number of ether oxygens (including phenoxy) is 2. The van der Waals surface area contributed by atoms with Gasteiger partial charge >= 0.3 is 0 Å². The number of pyridine rings is 1. The van der Waals surface area contributed by atoms with Crippen LogP contribution in [-0.2, 0) is 0 Å². The Labute approximate surface area is 187 Å². The molecule has 0 saturated heterocycles. The van der Waals surface area contributed by atoms with Gasteiger partial charge in [0.15, 0.2) is 11.6 Å². The molecule has 1 heterocycles. The minimum Gasteiger partial charge on any atom is -0.487 e. The molecule has 32 heavy (non-hydrogen) atoms. The van der Waals surface area contributed by atoms with E-state index in [1.807, 2.05) is 6.07 Å². The Morgan fingerprint density at radius 3 is 2.41 bits per heavy atom. The summed E-state index contributed by atoms with van der Waals surface area (Å²) < 4.78 is 53.5. The molecule has 0 aliphatic carbocycles. The van der Waals surface area contributed by atoms with Crippen molar-refractivity contribution in [2.75, 3.05) is 13.7 Å². The van der Waals surface area contributed by atoms with Crippen molar-refractivity contribution in [3.8, 4) is 22.8 Å². The lowest BCUT2D eigenvalue weighted by Gasteiger charge is -2.14. The molecule has 0 fully saturated rings. The lowest BCUT2D eigenvalue weighted by molar-refractivity contribution is 0.179. The summed E-state index contributed by atoms with van der Waals surface area (Å²) in [5, 5.41) is 0.874. The van der Waals surface area contributed by atoms with Gasteiger partial charge in [0.1, 0.15) is 12.8 Å². The van der Waals surface area contributed by atoms with Crippen LogP contribution in [0.4, 0.5) is 13.2 Å². The summed E-state index contributed by atoms with van der Waals surface area (Å²) in [4.78, 5) is 4.17. The van der Waals surface area contributed by atoms with E-state index in [1.165, 1.54) is 26.4 Å². The van der Waals surface area contributed by atoms with Crippen molar-refractivity contribution in [3.05, 3.63) is 54.2 Å². The maximum atomic E-state index is 14.5. The van der Waals surface area contributed by atoms with Crippen LogP contribution in [0.15, 0.2) is 42.6 Å². The molecule has 3 aromatic rings. The molecule has 0 radical (unpaired) electrons. The van der Waals surface area contributed by atoms with Crippen molar-refractivity contribution in [2.45, 2.75) is 58.0 Å². The van der Waals surface area contributed by atoms with Crippen LogP contribution in [0.1, 0.15) is 51.9 Å². The number of benzene rings is 2. The topological polar surface area (TPSA) is 31.4 Å². The highest BCUT2D eigenvalue weighted by Gasteiger charge is 2.18. The van der Waals surface area contributed by atoms with Gasteiger partial charge in [-0.15, -0.1) is 0 Å². The van der Waals surface area contributed by atoms with E-state index in [0.29, 0.717) is 23.1 Å². The second-order valence-electron chi connectivity index (χ2n) is 7.99. The predicted octanol–water partition coefficient (Wildman–Crippen LogP) is 7.66. The van der Waals surface area contributed by atoms with Crippen LogP contribution in [-0.4, -0.2) is 24.9 Å². The Morgan fingerprint density at radius 2 is 1.69 bits per heavy atom. The van der Waals surface area contributed by atoms with Crippen LogP contribution >= 0.6 is 0 Å². The number of methoxy groups -OCH3 is 1. The molecule has 0 N–H and O–H groups in total. The number of unbranched alkanes of at least 4 members (excludes halogenated alkanes) is 5. The molecular formula is C26H30F3NO2. The Bertz CT molecular complexity index is 1010. The van der Waals surface area contributed by atoms with Crippen LogP contribution in [0.2, 0.25) is 0 Å². The smallest absolute Gasteiger partial charge is 0.212 e. The molecular weight excluding hydrogens is 415 g/mol. The molecule has 6 heteroatoms. The van der Waals surface area contributed by atoms with Crippen LogP contribution in [0.3, 0.4) is 0 Å². The van der Waals surface area contributed by atoms with Crippen LogP contribution < -0.4 is 9.47 Å². The third-order valence-electron chi connectivity index (χ3n) is 5.55. The van der Waals surface area contributed by atoms with E-state index in [4.69, 9.17) is 9.47 Å². The van der Waals surface area contributed by atoms with Crippen molar-refractivity contribution < 1.29 is 22.6 Å². The van der Waals surface area contributed by atoms with E-state index < -0.39 is 17.8 Å². The highest BCUT2D eigenvalue weighted by Crippen LogP contribution is 2.34. The largest absolute Gasteiger partial charge is 0.487 e. The Hall–Kier alpha value is -2.76. The van der Waals surface area contributed by atoms with Gasteiger partial charge in [0.25, 0.3) is 0 Å². The van der Waals surface area contributed by atoms with Gasteiger partial charge in [0, 0.05) is 23.2 Å². The van der Waals surface area contributed by atoms with Gasteiger partial charge in [-0.3, -0.25) is 0 Å². The molecule has 2 aromatic carbocycles. The summed E-state index contributed by atoms with van der Waals surface area (Å²) in [6, 6.07) is 9.86. The van der Waals surface area contributed by atoms with Gasteiger partial charge in [-0.2, -0.15) is 4.39 Å². The minimum atomic E-state index is -1.22. The van der Waals surface area contributed by atoms with E-state index in [-0.39, 0.29) is 12.4 Å². The molecule has 3 rings (SSSR count). The molecule has 0 saturated carbocycles. The van der Waals surface area contributed by atoms with E-state index >= 15 is 0 Å². The molecule has 0 amide bonds. The monoisotopic (exact) mass is 445 g/mol. The zero-order valence-corrected chi connectivity index (χ0v) is 18.7. The fourth-order valence-corrected chi connectivity index (χ4v) is 3.71. The number of nitrogens with zero attached hydrogens (tertiary/aromatic N) is 1. The van der Waals surface area contributed by atoms with Gasteiger partial charge in [-0.25, -0.2) is 13.8 Å². The number of rotatable bonds is 12. The van der Waals surface area contributed by atoms with Crippen molar-refractivity contribution in [1.29, 1.82) is 0 Å². The van der Waals surface area contributed by atoms with Gasteiger partial charge in [0.2, 0.25) is 11.7 Å². The first kappa shape index (κ1) is 23.9. The summed E-state index contributed by atoms with van der Waals surface area (Å²) in [6.07, 6.45) is 7.15. The van der Waals surface area contributed by atoms with E-state index in [1.54, 1.807) is 30.5 Å². The van der Waals surface area contributed by atoms with Crippen molar-refractivity contribution in [1.82, 2.24) is 4.98 Å². The maximum Gasteiger partial charge on any atom is 0.212 e. The lowest BCUT2D eigenvalue weighted by atomic mass is 10.0. The van der Waals surface area contributed by atoms with E-state index in [9.17, 15) is 13.2 Å². The Kier molecular flexibility index (Phi) is 8.77. The van der Waals surface area contributed by atoms with Gasteiger partial charge in [0.05, 0.1) is 7.11 Å². The second-order valence-corrected chi connectivity index (χ2v) is 7.99. The molecule has 0 unspecified atom stereocenters. The van der Waals surface area contributed by atoms with Crippen LogP contribution in [0.25, 0.3) is 21.9 Å². The fourth-order valence-electron chi connectivity index (χ4n) is 3.71. The number of fused-ring (bicyclic) bond motifs is 1. The zero-order valence-electron chi connectivity index (χ0n) is 18.7. The molecule has 0 aliphatic heterocycles. The molecule has 3 nitrogen and oxygen atoms in total. The number of alkyl halides is 1. The maximum absolute atomic E-state index is 14.5. The highest BCUT2D eigenvalue weighted by molar-refractivity contribution is 5.92. The number of halogens is 3. The molecule has 172 valence electrons. The number of hydrogen-bond donors (Lipinski definition) is 0. The first-order chi connectivity index (χ1) is 15.5. The third kappa shape index (κ3) is 6.15. The van der Waals surface area contributed by atoms with Crippen LogP contribution in [0, 0.1) is 11.6 Å². The quantitative estimate of drug-likeness (QED) is 0.268. The SMILES string of the molecule is CCCCCCCC[C@@H](F)COc1c(F)c(F)cc2cc(-c3ccc(OC)nc3)ccc12. The minimum absolute atomic E-state index is 0.245. The van der Waals surface area contributed by atoms with Gasteiger partial charge in [-0.1, -0.05) is 51.5 Å². The van der Waals surface area contributed by atoms with Crippen molar-refractivity contribution in [2.24, 2.45) is 0 Å². The fraction of sp³-hybridized carbons (Fsp3) is 0.423. The van der Waals surface area contributed by atoms with Crippen LogP contribution in [0.5, 0.6) is 11.6 Å². The molecule has 1 atom stereocenters. The average molecular weight is 446 g/mol. The summed E-state index contributed by atoms with van der Waals surface area (Å²) in [6.45, 7) is 1.86. The van der Waals surface area contributed by atoms with Crippen molar-refractivity contribution >= 4 is 10.8 Å². The number of aromatic nitrogens is 1. The number of hydrogen-bond acceptors (Lipinski definition) is 3. The zero-order chi connectivity index (χ0) is 22.9. The van der Waals surface area contributed by atoms with Gasteiger partial charge in [-0.05, 0) is 41.6 Å². The first-order valence-electron chi connectivity index (χ1n) is 11.2. The Morgan fingerprint density at radius 1 is 0.938 bits per heavy atom. The predicted molar refractivity (Wildman–Crippen MR) is 122 cm³/mol.